The van der Waals surface area contributed by atoms with E-state index < -0.39 is 21.7 Å². The second-order valence-corrected chi connectivity index (χ2v) is 8.57. The second kappa shape index (κ2) is 7.92. The SMILES string of the molecule is O=C(Nc1ccccc1Cl)C1CCN(S(=O)(=O)c2ccc(F)c(F)c2)CC1. The summed E-state index contributed by atoms with van der Waals surface area (Å²) in [7, 11) is -3.94. The van der Waals surface area contributed by atoms with Crippen molar-refractivity contribution >= 4 is 33.2 Å². The Morgan fingerprint density at radius 1 is 1.07 bits per heavy atom. The van der Waals surface area contributed by atoms with E-state index in [1.165, 1.54) is 4.31 Å². The van der Waals surface area contributed by atoms with Crippen molar-refractivity contribution in [3.8, 4) is 0 Å². The number of halogens is 3. The minimum atomic E-state index is -3.94. The first-order valence-electron chi connectivity index (χ1n) is 8.29. The molecule has 0 saturated carbocycles. The number of piperidine rings is 1. The minimum Gasteiger partial charge on any atom is -0.325 e. The number of amides is 1. The highest BCUT2D eigenvalue weighted by Gasteiger charge is 2.32. The highest BCUT2D eigenvalue weighted by molar-refractivity contribution is 7.89. The van der Waals surface area contributed by atoms with Crippen LogP contribution in [0.3, 0.4) is 0 Å². The van der Waals surface area contributed by atoms with E-state index in [1.807, 2.05) is 0 Å². The Morgan fingerprint density at radius 2 is 1.74 bits per heavy atom. The van der Waals surface area contributed by atoms with Gasteiger partial charge in [-0.15, -0.1) is 0 Å². The summed E-state index contributed by atoms with van der Waals surface area (Å²) in [5, 5.41) is 3.17. The summed E-state index contributed by atoms with van der Waals surface area (Å²) in [5.74, 6) is -2.92. The Hall–Kier alpha value is -2.03. The van der Waals surface area contributed by atoms with Crippen LogP contribution >= 0.6 is 11.6 Å². The molecule has 0 aromatic heterocycles. The van der Waals surface area contributed by atoms with Crippen molar-refractivity contribution in [3.05, 3.63) is 59.1 Å². The molecule has 1 saturated heterocycles. The maximum absolute atomic E-state index is 13.4. The van der Waals surface area contributed by atoms with Gasteiger partial charge in [0.25, 0.3) is 0 Å². The molecule has 144 valence electrons. The van der Waals surface area contributed by atoms with Gasteiger partial charge in [-0.3, -0.25) is 4.79 Å². The number of carbonyl (C=O) groups is 1. The number of hydrogen-bond donors (Lipinski definition) is 1. The molecule has 1 aliphatic heterocycles. The van der Waals surface area contributed by atoms with E-state index in [0.717, 1.165) is 12.1 Å². The molecule has 1 heterocycles. The topological polar surface area (TPSA) is 66.5 Å². The fourth-order valence-electron chi connectivity index (χ4n) is 2.94. The minimum absolute atomic E-state index is 0.113. The van der Waals surface area contributed by atoms with Gasteiger partial charge in [0.15, 0.2) is 11.6 Å². The van der Waals surface area contributed by atoms with Gasteiger partial charge in [0, 0.05) is 19.0 Å². The van der Waals surface area contributed by atoms with Crippen molar-refractivity contribution in [1.82, 2.24) is 4.31 Å². The maximum atomic E-state index is 13.4. The van der Waals surface area contributed by atoms with Crippen LogP contribution in [0.4, 0.5) is 14.5 Å². The molecule has 0 spiro atoms. The zero-order valence-corrected chi connectivity index (χ0v) is 15.7. The molecule has 0 atom stereocenters. The molecule has 9 heteroatoms. The van der Waals surface area contributed by atoms with Crippen molar-refractivity contribution in [2.45, 2.75) is 17.7 Å². The first kappa shape index (κ1) is 19.7. The zero-order chi connectivity index (χ0) is 19.6. The lowest BCUT2D eigenvalue weighted by atomic mass is 9.97. The van der Waals surface area contributed by atoms with Crippen LogP contribution in [0.2, 0.25) is 5.02 Å². The average molecular weight is 415 g/mol. The van der Waals surface area contributed by atoms with Crippen molar-refractivity contribution in [1.29, 1.82) is 0 Å². The number of rotatable bonds is 4. The number of hydrogen-bond acceptors (Lipinski definition) is 3. The van der Waals surface area contributed by atoms with E-state index in [2.05, 4.69) is 5.32 Å². The van der Waals surface area contributed by atoms with Gasteiger partial charge < -0.3 is 5.32 Å². The lowest BCUT2D eigenvalue weighted by Crippen LogP contribution is -2.41. The summed E-state index contributed by atoms with van der Waals surface area (Å²) in [5.41, 5.74) is 0.501. The third kappa shape index (κ3) is 4.28. The fourth-order valence-corrected chi connectivity index (χ4v) is 4.61. The van der Waals surface area contributed by atoms with Crippen LogP contribution in [0.1, 0.15) is 12.8 Å². The van der Waals surface area contributed by atoms with E-state index in [1.54, 1.807) is 24.3 Å². The number of nitrogens with one attached hydrogen (secondary N) is 1. The van der Waals surface area contributed by atoms with Gasteiger partial charge >= 0.3 is 0 Å². The number of sulfonamides is 1. The van der Waals surface area contributed by atoms with Crippen LogP contribution in [0.15, 0.2) is 47.4 Å². The van der Waals surface area contributed by atoms with Gasteiger partial charge in [0.2, 0.25) is 15.9 Å². The number of anilines is 1. The zero-order valence-electron chi connectivity index (χ0n) is 14.2. The second-order valence-electron chi connectivity index (χ2n) is 6.22. The van der Waals surface area contributed by atoms with Gasteiger partial charge in [-0.2, -0.15) is 4.31 Å². The molecule has 0 radical (unpaired) electrons. The molecule has 0 unspecified atom stereocenters. The predicted molar refractivity (Wildman–Crippen MR) is 97.9 cm³/mol. The Bertz CT molecular complexity index is 961. The summed E-state index contributed by atoms with van der Waals surface area (Å²) >= 11 is 6.02. The molecule has 2 aromatic rings. The highest BCUT2D eigenvalue weighted by Crippen LogP contribution is 2.27. The monoisotopic (exact) mass is 414 g/mol. The van der Waals surface area contributed by atoms with Gasteiger partial charge in [0.1, 0.15) is 0 Å². The molecule has 27 heavy (non-hydrogen) atoms. The van der Waals surface area contributed by atoms with Gasteiger partial charge in [-0.1, -0.05) is 23.7 Å². The number of benzene rings is 2. The van der Waals surface area contributed by atoms with Crippen molar-refractivity contribution < 1.29 is 22.0 Å². The van der Waals surface area contributed by atoms with E-state index in [4.69, 9.17) is 11.6 Å². The molecule has 0 aliphatic carbocycles. The summed E-state index contributed by atoms with van der Waals surface area (Å²) in [6.45, 7) is 0.226. The summed E-state index contributed by atoms with van der Waals surface area (Å²) in [4.78, 5) is 12.1. The number of para-hydroxylation sites is 1. The molecular formula is C18H17ClF2N2O3S. The van der Waals surface area contributed by atoms with Gasteiger partial charge in [0.05, 0.1) is 15.6 Å². The molecule has 5 nitrogen and oxygen atoms in total. The third-order valence-corrected chi connectivity index (χ3v) is 6.71. The summed E-state index contributed by atoms with van der Waals surface area (Å²) < 4.78 is 52.7. The van der Waals surface area contributed by atoms with E-state index >= 15 is 0 Å². The maximum Gasteiger partial charge on any atom is 0.243 e. The Morgan fingerprint density at radius 3 is 2.37 bits per heavy atom. The lowest BCUT2D eigenvalue weighted by Gasteiger charge is -2.30. The van der Waals surface area contributed by atoms with Crippen LogP contribution in [-0.4, -0.2) is 31.7 Å². The average Bonchev–Trinajstić information content (AvgIpc) is 2.65. The van der Waals surface area contributed by atoms with Gasteiger partial charge in [-0.05, 0) is 43.2 Å². The van der Waals surface area contributed by atoms with Crippen LogP contribution < -0.4 is 5.32 Å². The number of carbonyl (C=O) groups excluding carboxylic acids is 1. The van der Waals surface area contributed by atoms with Crippen LogP contribution in [0.25, 0.3) is 0 Å². The molecule has 1 fully saturated rings. The molecule has 1 amide bonds. The van der Waals surface area contributed by atoms with Crippen molar-refractivity contribution in [2.75, 3.05) is 18.4 Å². The number of nitrogens with zero attached hydrogens (tertiary/aromatic N) is 1. The quantitative estimate of drug-likeness (QED) is 0.830. The van der Waals surface area contributed by atoms with Crippen molar-refractivity contribution in [3.63, 3.8) is 0 Å². The molecular weight excluding hydrogens is 398 g/mol. The first-order valence-corrected chi connectivity index (χ1v) is 10.1. The van der Waals surface area contributed by atoms with E-state index in [0.29, 0.717) is 29.6 Å². The lowest BCUT2D eigenvalue weighted by molar-refractivity contribution is -0.120. The van der Waals surface area contributed by atoms with E-state index in [-0.39, 0.29) is 29.8 Å². The standard InChI is InChI=1S/C18H17ClF2N2O3S/c19-14-3-1-2-4-17(14)22-18(24)12-7-9-23(10-8-12)27(25,26)13-5-6-15(20)16(21)11-13/h1-6,11-12H,7-10H2,(H,22,24). The first-order chi connectivity index (χ1) is 12.8. The third-order valence-electron chi connectivity index (χ3n) is 4.49. The molecule has 0 bridgehead atoms. The molecule has 1 aliphatic rings. The summed E-state index contributed by atoms with van der Waals surface area (Å²) in [6, 6.07) is 9.33. The molecule has 3 rings (SSSR count). The Labute approximate surface area is 161 Å². The summed E-state index contributed by atoms with van der Waals surface area (Å²) in [6.07, 6.45) is 0.637. The van der Waals surface area contributed by atoms with Crippen LogP contribution in [0.5, 0.6) is 0 Å². The smallest absolute Gasteiger partial charge is 0.243 e. The Balaban J connectivity index is 1.65. The van der Waals surface area contributed by atoms with Crippen LogP contribution in [0, 0.1) is 17.6 Å². The normalized spacial score (nSPS) is 16.3. The van der Waals surface area contributed by atoms with E-state index in [9.17, 15) is 22.0 Å². The van der Waals surface area contributed by atoms with Gasteiger partial charge in [-0.25, -0.2) is 17.2 Å². The molecule has 1 N–H and O–H groups in total. The van der Waals surface area contributed by atoms with Crippen LogP contribution in [-0.2, 0) is 14.8 Å². The predicted octanol–water partition coefficient (Wildman–Crippen LogP) is 3.66. The largest absolute Gasteiger partial charge is 0.325 e. The highest BCUT2D eigenvalue weighted by atomic mass is 35.5. The fraction of sp³-hybridized carbons (Fsp3) is 0.278. The van der Waals surface area contributed by atoms with Crippen molar-refractivity contribution in [2.24, 2.45) is 5.92 Å². The Kier molecular flexibility index (Phi) is 5.78. The molecule has 2 aromatic carbocycles.